The fraction of sp³-hybridized carbons (Fsp3) is 0.467. The highest BCUT2D eigenvalue weighted by molar-refractivity contribution is 9.10. The summed E-state index contributed by atoms with van der Waals surface area (Å²) >= 11 is 5.57. The Balaban J connectivity index is 2.51. The van der Waals surface area contributed by atoms with Gasteiger partial charge in [-0.2, -0.15) is 0 Å². The van der Waals surface area contributed by atoms with E-state index < -0.39 is 0 Å². The number of fused-ring (bicyclic) bond motifs is 1. The van der Waals surface area contributed by atoms with Gasteiger partial charge in [0.2, 0.25) is 0 Å². The van der Waals surface area contributed by atoms with Crippen molar-refractivity contribution in [3.05, 3.63) is 33.1 Å². The third-order valence-electron chi connectivity index (χ3n) is 3.03. The summed E-state index contributed by atoms with van der Waals surface area (Å²) < 4.78 is 2.59. The number of nitrogens with one attached hydrogen (secondary N) is 1. The number of benzene rings is 1. The molecule has 0 unspecified atom stereocenters. The molecule has 0 atom stereocenters. The first kappa shape index (κ1) is 14.0. The molecule has 0 fully saturated rings. The first-order valence-corrected chi connectivity index (χ1v) is 8.04. The molecule has 1 aromatic heterocycles. The monoisotopic (exact) mass is 325 g/mol. The van der Waals surface area contributed by atoms with E-state index in [-0.39, 0.29) is 0 Å². The zero-order valence-electron chi connectivity index (χ0n) is 11.4. The van der Waals surface area contributed by atoms with Gasteiger partial charge in [-0.1, -0.05) is 39.8 Å². The summed E-state index contributed by atoms with van der Waals surface area (Å²) in [6.45, 7) is 9.91. The van der Waals surface area contributed by atoms with Gasteiger partial charge in [0.1, 0.15) is 0 Å². The fourth-order valence-electron chi connectivity index (χ4n) is 2.21. The SMILES string of the molecule is CC(C)NCc1sc2c(Br)cccc2c1C(C)C. The quantitative estimate of drug-likeness (QED) is 0.805. The maximum absolute atomic E-state index is 3.66. The van der Waals surface area contributed by atoms with Crippen molar-refractivity contribution < 1.29 is 0 Å². The molecule has 0 spiro atoms. The third kappa shape index (κ3) is 2.79. The molecule has 2 aromatic rings. The molecule has 18 heavy (non-hydrogen) atoms. The Bertz CT molecular complexity index is 543. The van der Waals surface area contributed by atoms with Crippen LogP contribution in [0.3, 0.4) is 0 Å². The van der Waals surface area contributed by atoms with Gasteiger partial charge in [-0.15, -0.1) is 11.3 Å². The highest BCUT2D eigenvalue weighted by Crippen LogP contribution is 2.39. The van der Waals surface area contributed by atoms with Crippen molar-refractivity contribution in [3.63, 3.8) is 0 Å². The lowest BCUT2D eigenvalue weighted by molar-refractivity contribution is 0.590. The highest BCUT2D eigenvalue weighted by atomic mass is 79.9. The van der Waals surface area contributed by atoms with E-state index in [1.54, 1.807) is 0 Å². The van der Waals surface area contributed by atoms with Gasteiger partial charge in [0.05, 0.1) is 0 Å². The van der Waals surface area contributed by atoms with Crippen molar-refractivity contribution in [2.45, 2.75) is 46.2 Å². The van der Waals surface area contributed by atoms with E-state index in [0.717, 1.165) is 6.54 Å². The second-order valence-electron chi connectivity index (χ2n) is 5.25. The predicted molar refractivity (Wildman–Crippen MR) is 85.6 cm³/mol. The fourth-order valence-corrected chi connectivity index (χ4v) is 4.13. The molecule has 1 N–H and O–H groups in total. The lowest BCUT2D eigenvalue weighted by Gasteiger charge is -2.11. The molecule has 0 bridgehead atoms. The van der Waals surface area contributed by atoms with E-state index in [0.29, 0.717) is 12.0 Å². The molecular weight excluding hydrogens is 306 g/mol. The summed E-state index contributed by atoms with van der Waals surface area (Å²) in [4.78, 5) is 1.47. The van der Waals surface area contributed by atoms with E-state index >= 15 is 0 Å². The molecule has 1 nitrogen and oxygen atoms in total. The van der Waals surface area contributed by atoms with Crippen molar-refractivity contribution in [1.82, 2.24) is 5.32 Å². The topological polar surface area (TPSA) is 12.0 Å². The minimum Gasteiger partial charge on any atom is -0.310 e. The summed E-state index contributed by atoms with van der Waals surface area (Å²) in [5, 5.41) is 4.94. The molecule has 3 heteroatoms. The molecule has 0 radical (unpaired) electrons. The maximum atomic E-state index is 3.66. The Labute approximate surface area is 122 Å². The van der Waals surface area contributed by atoms with E-state index in [2.05, 4.69) is 67.1 Å². The maximum Gasteiger partial charge on any atom is 0.0491 e. The first-order chi connectivity index (χ1) is 8.50. The molecule has 0 saturated heterocycles. The average Bonchev–Trinajstić information content (AvgIpc) is 2.66. The highest BCUT2D eigenvalue weighted by Gasteiger charge is 2.16. The first-order valence-electron chi connectivity index (χ1n) is 6.44. The summed E-state index contributed by atoms with van der Waals surface area (Å²) in [7, 11) is 0. The molecule has 2 rings (SSSR count). The van der Waals surface area contributed by atoms with Crippen LogP contribution in [0, 0.1) is 0 Å². The van der Waals surface area contributed by atoms with Gasteiger partial charge in [-0.05, 0) is 38.9 Å². The van der Waals surface area contributed by atoms with Gasteiger partial charge in [0.25, 0.3) is 0 Å². The van der Waals surface area contributed by atoms with Crippen molar-refractivity contribution in [3.8, 4) is 0 Å². The molecule has 1 heterocycles. The van der Waals surface area contributed by atoms with Crippen LogP contribution in [0.4, 0.5) is 0 Å². The van der Waals surface area contributed by atoms with Crippen LogP contribution in [0.1, 0.15) is 44.1 Å². The Hall–Kier alpha value is -0.380. The zero-order chi connectivity index (χ0) is 13.3. The van der Waals surface area contributed by atoms with Gasteiger partial charge >= 0.3 is 0 Å². The number of rotatable bonds is 4. The Morgan fingerprint density at radius 3 is 2.56 bits per heavy atom. The van der Waals surface area contributed by atoms with Crippen LogP contribution in [0.25, 0.3) is 10.1 Å². The van der Waals surface area contributed by atoms with Crippen LogP contribution < -0.4 is 5.32 Å². The molecule has 0 aliphatic rings. The van der Waals surface area contributed by atoms with Gasteiger partial charge in [-0.25, -0.2) is 0 Å². The number of hydrogen-bond acceptors (Lipinski definition) is 2. The van der Waals surface area contributed by atoms with E-state index in [9.17, 15) is 0 Å². The van der Waals surface area contributed by atoms with Crippen molar-refractivity contribution in [1.29, 1.82) is 0 Å². The normalized spacial score (nSPS) is 11.9. The molecule has 0 amide bonds. The summed E-state index contributed by atoms with van der Waals surface area (Å²) in [6.07, 6.45) is 0. The lowest BCUT2D eigenvalue weighted by Crippen LogP contribution is -2.21. The predicted octanol–water partition coefficient (Wildman–Crippen LogP) is 5.29. The second kappa shape index (κ2) is 5.72. The van der Waals surface area contributed by atoms with Gasteiger partial charge in [0.15, 0.2) is 0 Å². The largest absolute Gasteiger partial charge is 0.310 e. The minimum absolute atomic E-state index is 0.527. The molecule has 0 saturated carbocycles. The summed E-state index contributed by atoms with van der Waals surface area (Å²) in [5.41, 5.74) is 1.50. The van der Waals surface area contributed by atoms with Crippen molar-refractivity contribution in [2.24, 2.45) is 0 Å². The van der Waals surface area contributed by atoms with Crippen LogP contribution in [0.15, 0.2) is 22.7 Å². The van der Waals surface area contributed by atoms with E-state index in [1.165, 1.54) is 25.0 Å². The van der Waals surface area contributed by atoms with Gasteiger partial charge in [-0.3, -0.25) is 0 Å². The van der Waals surface area contributed by atoms with E-state index in [1.807, 2.05) is 11.3 Å². The van der Waals surface area contributed by atoms with Crippen LogP contribution in [0.2, 0.25) is 0 Å². The number of thiophene rings is 1. The van der Waals surface area contributed by atoms with Gasteiger partial charge in [0, 0.05) is 26.6 Å². The van der Waals surface area contributed by atoms with Gasteiger partial charge < -0.3 is 5.32 Å². The van der Waals surface area contributed by atoms with Crippen LogP contribution >= 0.6 is 27.3 Å². The van der Waals surface area contributed by atoms with Crippen molar-refractivity contribution in [2.75, 3.05) is 0 Å². The zero-order valence-corrected chi connectivity index (χ0v) is 13.8. The Kier molecular flexibility index (Phi) is 4.46. The molecule has 98 valence electrons. The summed E-state index contributed by atoms with van der Waals surface area (Å²) in [6, 6.07) is 7.02. The number of halogens is 1. The van der Waals surface area contributed by atoms with Crippen LogP contribution in [-0.2, 0) is 6.54 Å². The Morgan fingerprint density at radius 1 is 1.22 bits per heavy atom. The molecular formula is C15H20BrNS. The van der Waals surface area contributed by atoms with Crippen LogP contribution in [-0.4, -0.2) is 6.04 Å². The molecule has 0 aliphatic carbocycles. The van der Waals surface area contributed by atoms with E-state index in [4.69, 9.17) is 0 Å². The minimum atomic E-state index is 0.527. The number of hydrogen-bond donors (Lipinski definition) is 1. The summed E-state index contributed by atoms with van der Waals surface area (Å²) in [5.74, 6) is 0.567. The molecule has 1 aromatic carbocycles. The Morgan fingerprint density at radius 2 is 1.94 bits per heavy atom. The van der Waals surface area contributed by atoms with Crippen LogP contribution in [0.5, 0.6) is 0 Å². The standard InChI is InChI=1S/C15H20BrNS/c1-9(2)14-11-6-5-7-12(16)15(11)18-13(14)8-17-10(3)4/h5-7,9-10,17H,8H2,1-4H3. The van der Waals surface area contributed by atoms with Crippen molar-refractivity contribution >= 4 is 37.4 Å². The average molecular weight is 326 g/mol. The molecule has 0 aliphatic heterocycles. The lowest BCUT2D eigenvalue weighted by atomic mass is 9.99. The second-order valence-corrected chi connectivity index (χ2v) is 7.21. The third-order valence-corrected chi connectivity index (χ3v) is 5.21. The smallest absolute Gasteiger partial charge is 0.0491 e.